The molecule has 2 N–H and O–H groups in total. The molecule has 7 heteroatoms. The molecule has 0 aliphatic rings. The van der Waals surface area contributed by atoms with Crippen molar-refractivity contribution in [1.82, 2.24) is 14.6 Å². The van der Waals surface area contributed by atoms with E-state index in [0.29, 0.717) is 23.1 Å². The number of hydrogen-bond donors (Lipinski definition) is 1. The van der Waals surface area contributed by atoms with Crippen molar-refractivity contribution in [3.05, 3.63) is 65.4 Å². The summed E-state index contributed by atoms with van der Waals surface area (Å²) in [6.07, 6.45) is 1.76. The summed E-state index contributed by atoms with van der Waals surface area (Å²) in [6.45, 7) is 0.348. The molecule has 4 rings (SSSR count). The van der Waals surface area contributed by atoms with Crippen LogP contribution in [0.1, 0.15) is 5.69 Å². The predicted octanol–water partition coefficient (Wildman–Crippen LogP) is 4.45. The molecule has 0 aliphatic heterocycles. The number of anilines is 1. The summed E-state index contributed by atoms with van der Waals surface area (Å²) in [5.41, 5.74) is 11.5. The quantitative estimate of drug-likeness (QED) is 0.541. The molecule has 0 unspecified atom stereocenters. The predicted molar refractivity (Wildman–Crippen MR) is 111 cm³/mol. The number of benzene rings is 2. The van der Waals surface area contributed by atoms with E-state index in [-0.39, 0.29) is 0 Å². The highest BCUT2D eigenvalue weighted by molar-refractivity contribution is 6.30. The molecule has 2 heterocycles. The van der Waals surface area contributed by atoms with E-state index < -0.39 is 0 Å². The lowest BCUT2D eigenvalue weighted by Gasteiger charge is -2.08. The van der Waals surface area contributed by atoms with E-state index in [1.54, 1.807) is 24.9 Å². The topological polar surface area (TPSA) is 74.7 Å². The third-order valence-corrected chi connectivity index (χ3v) is 4.82. The Balaban J connectivity index is 1.90. The summed E-state index contributed by atoms with van der Waals surface area (Å²) in [6, 6.07) is 15.2. The maximum absolute atomic E-state index is 6.46. The van der Waals surface area contributed by atoms with Crippen LogP contribution < -0.4 is 10.5 Å². The molecule has 2 aromatic carbocycles. The Bertz CT molecular complexity index is 1120. The normalized spacial score (nSPS) is 11.1. The van der Waals surface area contributed by atoms with Gasteiger partial charge >= 0.3 is 0 Å². The highest BCUT2D eigenvalue weighted by Crippen LogP contribution is 2.33. The van der Waals surface area contributed by atoms with E-state index >= 15 is 0 Å². The molecular formula is C21H19ClN4O2. The average molecular weight is 395 g/mol. The largest absolute Gasteiger partial charge is 0.497 e. The zero-order chi connectivity index (χ0) is 19.7. The molecule has 142 valence electrons. The number of aromatic nitrogens is 3. The molecular weight excluding hydrogens is 376 g/mol. The Morgan fingerprint density at radius 3 is 2.32 bits per heavy atom. The second-order valence-corrected chi connectivity index (χ2v) is 6.72. The minimum atomic E-state index is 0.348. The molecule has 2 aromatic heterocycles. The van der Waals surface area contributed by atoms with Crippen molar-refractivity contribution in [3.63, 3.8) is 0 Å². The third kappa shape index (κ3) is 3.17. The smallest absolute Gasteiger partial charge is 0.165 e. The van der Waals surface area contributed by atoms with Gasteiger partial charge in [0.25, 0.3) is 0 Å². The highest BCUT2D eigenvalue weighted by Gasteiger charge is 2.19. The molecule has 0 amide bonds. The van der Waals surface area contributed by atoms with Crippen LogP contribution in [0.5, 0.6) is 5.75 Å². The first kappa shape index (κ1) is 18.3. The van der Waals surface area contributed by atoms with Gasteiger partial charge in [0.15, 0.2) is 5.65 Å². The Hall–Kier alpha value is -3.09. The second kappa shape index (κ2) is 7.50. The van der Waals surface area contributed by atoms with Gasteiger partial charge in [-0.05, 0) is 35.4 Å². The number of methoxy groups -OCH3 is 2. The molecule has 0 bridgehead atoms. The fourth-order valence-corrected chi connectivity index (χ4v) is 3.32. The molecule has 0 radical (unpaired) electrons. The van der Waals surface area contributed by atoms with Gasteiger partial charge in [0.2, 0.25) is 0 Å². The Labute approximate surface area is 167 Å². The summed E-state index contributed by atoms with van der Waals surface area (Å²) in [4.78, 5) is 4.66. The Kier molecular flexibility index (Phi) is 4.90. The molecule has 0 fully saturated rings. The lowest BCUT2D eigenvalue weighted by molar-refractivity contribution is 0.181. The van der Waals surface area contributed by atoms with Gasteiger partial charge in [-0.1, -0.05) is 35.9 Å². The fraction of sp³-hybridized carbons (Fsp3) is 0.143. The second-order valence-electron chi connectivity index (χ2n) is 6.28. The maximum atomic E-state index is 6.46. The number of nitrogen functional groups attached to an aromatic ring is 1. The minimum Gasteiger partial charge on any atom is -0.497 e. The van der Waals surface area contributed by atoms with E-state index in [2.05, 4.69) is 10.1 Å². The average Bonchev–Trinajstić information content (AvgIpc) is 3.08. The van der Waals surface area contributed by atoms with Crippen LogP contribution in [-0.4, -0.2) is 28.8 Å². The fourth-order valence-electron chi connectivity index (χ4n) is 3.19. The van der Waals surface area contributed by atoms with Crippen LogP contribution in [0.25, 0.3) is 27.9 Å². The maximum Gasteiger partial charge on any atom is 0.165 e. The van der Waals surface area contributed by atoms with Crippen molar-refractivity contribution >= 4 is 23.1 Å². The number of nitrogens with zero attached hydrogens (tertiary/aromatic N) is 3. The summed E-state index contributed by atoms with van der Waals surface area (Å²) >= 11 is 6.00. The van der Waals surface area contributed by atoms with E-state index in [0.717, 1.165) is 33.7 Å². The molecule has 4 aromatic rings. The summed E-state index contributed by atoms with van der Waals surface area (Å²) in [7, 11) is 3.28. The minimum absolute atomic E-state index is 0.348. The van der Waals surface area contributed by atoms with E-state index in [1.807, 2.05) is 48.5 Å². The Morgan fingerprint density at radius 1 is 1.00 bits per heavy atom. The van der Waals surface area contributed by atoms with Crippen LogP contribution in [-0.2, 0) is 11.3 Å². The zero-order valence-corrected chi connectivity index (χ0v) is 16.3. The number of rotatable bonds is 5. The van der Waals surface area contributed by atoms with Crippen molar-refractivity contribution in [2.45, 2.75) is 6.61 Å². The molecule has 0 aliphatic carbocycles. The van der Waals surface area contributed by atoms with Crippen molar-refractivity contribution in [2.24, 2.45) is 0 Å². The first-order chi connectivity index (χ1) is 13.6. The van der Waals surface area contributed by atoms with Crippen LogP contribution in [0.15, 0.2) is 54.7 Å². The van der Waals surface area contributed by atoms with E-state index in [9.17, 15) is 0 Å². The SMILES string of the molecule is COCc1nn2c(N)c(-c3ccc(Cl)cc3)cnc2c1-c1ccc(OC)cc1. The van der Waals surface area contributed by atoms with Crippen LogP contribution in [0.2, 0.25) is 5.02 Å². The van der Waals surface area contributed by atoms with Gasteiger partial charge < -0.3 is 15.2 Å². The number of halogens is 1. The third-order valence-electron chi connectivity index (χ3n) is 4.57. The summed E-state index contributed by atoms with van der Waals surface area (Å²) in [5, 5.41) is 5.34. The van der Waals surface area contributed by atoms with Gasteiger partial charge in [0.1, 0.15) is 11.6 Å². The molecule has 28 heavy (non-hydrogen) atoms. The molecule has 0 spiro atoms. The van der Waals surface area contributed by atoms with Gasteiger partial charge in [-0.25, -0.2) is 4.98 Å². The van der Waals surface area contributed by atoms with Gasteiger partial charge in [-0.15, -0.1) is 0 Å². The summed E-state index contributed by atoms with van der Waals surface area (Å²) in [5.74, 6) is 1.29. The Morgan fingerprint density at radius 2 is 1.68 bits per heavy atom. The van der Waals surface area contributed by atoms with Crippen molar-refractivity contribution < 1.29 is 9.47 Å². The standard InChI is InChI=1S/C21H19ClN4O2/c1-27-12-18-19(14-5-9-16(28-2)10-6-14)21-24-11-17(20(23)26(21)25-18)13-3-7-15(22)8-4-13/h3-11H,12,23H2,1-2H3. The van der Waals surface area contributed by atoms with E-state index in [1.165, 1.54) is 0 Å². The zero-order valence-electron chi connectivity index (χ0n) is 15.5. The van der Waals surface area contributed by atoms with Gasteiger partial charge in [0.05, 0.1) is 25.0 Å². The first-order valence-corrected chi connectivity index (χ1v) is 9.05. The van der Waals surface area contributed by atoms with Crippen LogP contribution in [0.3, 0.4) is 0 Å². The van der Waals surface area contributed by atoms with Crippen LogP contribution in [0, 0.1) is 0 Å². The monoisotopic (exact) mass is 394 g/mol. The number of ether oxygens (including phenoxy) is 2. The van der Waals surface area contributed by atoms with Crippen molar-refractivity contribution in [2.75, 3.05) is 20.0 Å². The van der Waals surface area contributed by atoms with Gasteiger partial charge in [0, 0.05) is 23.9 Å². The van der Waals surface area contributed by atoms with E-state index in [4.69, 9.17) is 26.8 Å². The number of hydrogen-bond acceptors (Lipinski definition) is 5. The lowest BCUT2D eigenvalue weighted by atomic mass is 10.1. The van der Waals surface area contributed by atoms with Crippen molar-refractivity contribution in [3.8, 4) is 28.0 Å². The summed E-state index contributed by atoms with van der Waals surface area (Å²) < 4.78 is 12.3. The lowest BCUT2D eigenvalue weighted by Crippen LogP contribution is -2.03. The van der Waals surface area contributed by atoms with Crippen molar-refractivity contribution in [1.29, 1.82) is 0 Å². The van der Waals surface area contributed by atoms with Gasteiger partial charge in [-0.2, -0.15) is 9.61 Å². The molecule has 0 saturated heterocycles. The molecule has 0 atom stereocenters. The van der Waals surface area contributed by atoms with Gasteiger partial charge in [-0.3, -0.25) is 0 Å². The molecule has 6 nitrogen and oxygen atoms in total. The number of fused-ring (bicyclic) bond motifs is 1. The number of nitrogens with two attached hydrogens (primary N) is 1. The molecule has 0 saturated carbocycles. The highest BCUT2D eigenvalue weighted by atomic mass is 35.5. The van der Waals surface area contributed by atoms with Crippen LogP contribution in [0.4, 0.5) is 5.82 Å². The van der Waals surface area contributed by atoms with Crippen LogP contribution >= 0.6 is 11.6 Å². The first-order valence-electron chi connectivity index (χ1n) is 8.67.